The molecule has 7 nitrogen and oxygen atoms in total. The first-order valence-electron chi connectivity index (χ1n) is 6.81. The van der Waals surface area contributed by atoms with Crippen molar-refractivity contribution in [3.63, 3.8) is 0 Å². The summed E-state index contributed by atoms with van der Waals surface area (Å²) in [5.41, 5.74) is 2.61. The first kappa shape index (κ1) is 15.8. The van der Waals surface area contributed by atoms with Gasteiger partial charge >= 0.3 is 0 Å². The maximum Gasteiger partial charge on any atom is 0.235 e. The lowest BCUT2D eigenvalue weighted by Crippen LogP contribution is -2.22. The molecule has 3 heterocycles. The highest BCUT2D eigenvalue weighted by atomic mass is 35.5. The monoisotopic (exact) mass is 350 g/mol. The lowest BCUT2D eigenvalue weighted by molar-refractivity contribution is 0.196. The Morgan fingerprint density at radius 1 is 1.39 bits per heavy atom. The number of pyridine rings is 1. The Hall–Kier alpha value is -2.06. The van der Waals surface area contributed by atoms with Crippen molar-refractivity contribution >= 4 is 29.1 Å². The minimum Gasteiger partial charge on any atom is -0.397 e. The topological polar surface area (TPSA) is 69.6 Å². The summed E-state index contributed by atoms with van der Waals surface area (Å²) in [4.78, 5) is 13.6. The Kier molecular flexibility index (Phi) is 4.53. The van der Waals surface area contributed by atoms with Gasteiger partial charge < -0.3 is 9.40 Å². The van der Waals surface area contributed by atoms with Crippen molar-refractivity contribution in [3.8, 4) is 0 Å². The molecule has 23 heavy (non-hydrogen) atoms. The summed E-state index contributed by atoms with van der Waals surface area (Å²) in [6.07, 6.45) is 3.69. The molecule has 3 aromatic heterocycles. The van der Waals surface area contributed by atoms with Crippen LogP contribution in [0, 0.1) is 6.92 Å². The lowest BCUT2D eigenvalue weighted by atomic mass is 10.2. The van der Waals surface area contributed by atoms with E-state index in [4.69, 9.17) is 16.4 Å². The number of fused-ring (bicyclic) bond motifs is 1. The van der Waals surface area contributed by atoms with Crippen LogP contribution in [-0.2, 0) is 11.4 Å². The fraction of sp³-hybridized carbons (Fsp3) is 0.286. The van der Waals surface area contributed by atoms with E-state index in [-0.39, 0.29) is 0 Å². The van der Waals surface area contributed by atoms with Crippen molar-refractivity contribution in [2.75, 3.05) is 13.4 Å². The van der Waals surface area contributed by atoms with E-state index in [0.29, 0.717) is 28.1 Å². The SMILES string of the molecule is CON=c1cc(C)n(Cc2ccc(Cl)nc2)c2nc(SC)nn12. The quantitative estimate of drug-likeness (QED) is 0.409. The van der Waals surface area contributed by atoms with E-state index >= 15 is 0 Å². The molecule has 0 aliphatic heterocycles. The molecule has 0 N–H and O–H groups in total. The Morgan fingerprint density at radius 2 is 2.22 bits per heavy atom. The largest absolute Gasteiger partial charge is 0.397 e. The number of aromatic nitrogens is 5. The van der Waals surface area contributed by atoms with E-state index in [9.17, 15) is 0 Å². The number of halogens is 1. The predicted molar refractivity (Wildman–Crippen MR) is 88.4 cm³/mol. The summed E-state index contributed by atoms with van der Waals surface area (Å²) < 4.78 is 3.72. The van der Waals surface area contributed by atoms with Crippen molar-refractivity contribution in [3.05, 3.63) is 46.3 Å². The number of nitrogens with zero attached hydrogens (tertiary/aromatic N) is 6. The summed E-state index contributed by atoms with van der Waals surface area (Å²) in [6, 6.07) is 5.62. The maximum absolute atomic E-state index is 5.85. The summed E-state index contributed by atoms with van der Waals surface area (Å²) in [7, 11) is 1.51. The van der Waals surface area contributed by atoms with Crippen LogP contribution in [0.2, 0.25) is 5.15 Å². The van der Waals surface area contributed by atoms with Gasteiger partial charge in [-0.1, -0.05) is 34.6 Å². The van der Waals surface area contributed by atoms with Crippen molar-refractivity contribution < 1.29 is 4.84 Å². The predicted octanol–water partition coefficient (Wildman–Crippen LogP) is 2.12. The average Bonchev–Trinajstić information content (AvgIpc) is 2.98. The van der Waals surface area contributed by atoms with Crippen LogP contribution < -0.4 is 5.49 Å². The molecular weight excluding hydrogens is 336 g/mol. The van der Waals surface area contributed by atoms with Crippen LogP contribution in [0.5, 0.6) is 0 Å². The van der Waals surface area contributed by atoms with Crippen LogP contribution in [0.3, 0.4) is 0 Å². The van der Waals surface area contributed by atoms with E-state index < -0.39 is 0 Å². The van der Waals surface area contributed by atoms with Gasteiger partial charge in [0.15, 0.2) is 5.49 Å². The molecule has 0 saturated heterocycles. The van der Waals surface area contributed by atoms with Gasteiger partial charge in [0.1, 0.15) is 12.3 Å². The van der Waals surface area contributed by atoms with Crippen LogP contribution in [0.25, 0.3) is 5.78 Å². The van der Waals surface area contributed by atoms with Gasteiger partial charge in [0, 0.05) is 18.0 Å². The zero-order valence-electron chi connectivity index (χ0n) is 12.9. The normalized spacial score (nSPS) is 12.1. The average molecular weight is 351 g/mol. The minimum absolute atomic E-state index is 0.474. The Balaban J connectivity index is 2.18. The van der Waals surface area contributed by atoms with Crippen LogP contribution in [0.1, 0.15) is 11.3 Å². The van der Waals surface area contributed by atoms with Gasteiger partial charge in [0.05, 0.1) is 6.54 Å². The van der Waals surface area contributed by atoms with Crippen LogP contribution in [-0.4, -0.2) is 37.5 Å². The first-order valence-corrected chi connectivity index (χ1v) is 8.41. The van der Waals surface area contributed by atoms with Gasteiger partial charge in [0.2, 0.25) is 10.9 Å². The van der Waals surface area contributed by atoms with E-state index in [2.05, 4.69) is 20.2 Å². The van der Waals surface area contributed by atoms with E-state index in [1.54, 1.807) is 16.8 Å². The third-order valence-corrected chi connectivity index (χ3v) is 4.05. The van der Waals surface area contributed by atoms with Gasteiger partial charge in [-0.05, 0) is 24.8 Å². The lowest BCUT2D eigenvalue weighted by Gasteiger charge is -2.12. The molecule has 3 rings (SSSR count). The Labute approximate surface area is 142 Å². The zero-order valence-corrected chi connectivity index (χ0v) is 14.5. The molecule has 3 aromatic rings. The second kappa shape index (κ2) is 6.59. The van der Waals surface area contributed by atoms with Crippen LogP contribution in [0.15, 0.2) is 34.7 Å². The molecule has 0 bridgehead atoms. The smallest absolute Gasteiger partial charge is 0.235 e. The highest BCUT2D eigenvalue weighted by Gasteiger charge is 2.12. The van der Waals surface area contributed by atoms with Crippen molar-refractivity contribution in [2.24, 2.45) is 5.16 Å². The third kappa shape index (κ3) is 3.18. The fourth-order valence-corrected chi connectivity index (χ4v) is 2.67. The number of hydrogen-bond donors (Lipinski definition) is 0. The zero-order chi connectivity index (χ0) is 16.4. The summed E-state index contributed by atoms with van der Waals surface area (Å²) in [5.74, 6) is 0.695. The Morgan fingerprint density at radius 3 is 2.87 bits per heavy atom. The van der Waals surface area contributed by atoms with Gasteiger partial charge in [-0.15, -0.1) is 5.10 Å². The van der Waals surface area contributed by atoms with Crippen molar-refractivity contribution in [1.29, 1.82) is 0 Å². The number of rotatable bonds is 4. The first-order chi connectivity index (χ1) is 11.1. The molecule has 0 unspecified atom stereocenters. The molecule has 0 saturated carbocycles. The number of hydrogen-bond acceptors (Lipinski definition) is 6. The number of thioether (sulfide) groups is 1. The van der Waals surface area contributed by atoms with Crippen molar-refractivity contribution in [1.82, 2.24) is 24.1 Å². The van der Waals surface area contributed by atoms with Gasteiger partial charge in [-0.2, -0.15) is 9.50 Å². The molecule has 0 aliphatic carbocycles. The van der Waals surface area contributed by atoms with Crippen molar-refractivity contribution in [2.45, 2.75) is 18.6 Å². The highest BCUT2D eigenvalue weighted by molar-refractivity contribution is 7.98. The molecule has 0 spiro atoms. The van der Waals surface area contributed by atoms with E-state index in [0.717, 1.165) is 11.3 Å². The maximum atomic E-state index is 5.85. The second-order valence-electron chi connectivity index (χ2n) is 4.80. The second-order valence-corrected chi connectivity index (χ2v) is 5.96. The fourth-order valence-electron chi connectivity index (χ4n) is 2.22. The van der Waals surface area contributed by atoms with Gasteiger partial charge in [-0.3, -0.25) is 0 Å². The van der Waals surface area contributed by atoms with E-state index in [1.165, 1.54) is 18.9 Å². The molecule has 0 radical (unpaired) electrons. The minimum atomic E-state index is 0.474. The van der Waals surface area contributed by atoms with Crippen LogP contribution >= 0.6 is 23.4 Å². The molecule has 120 valence electrons. The molecule has 9 heteroatoms. The van der Waals surface area contributed by atoms with Gasteiger partial charge in [0.25, 0.3) is 0 Å². The molecular formula is C14H15ClN6OS. The summed E-state index contributed by atoms with van der Waals surface area (Å²) in [5, 5.41) is 9.60. The summed E-state index contributed by atoms with van der Waals surface area (Å²) >= 11 is 7.32. The molecule has 0 amide bonds. The number of aryl methyl sites for hydroxylation is 1. The van der Waals surface area contributed by atoms with Crippen LogP contribution in [0.4, 0.5) is 0 Å². The molecule has 0 aliphatic rings. The van der Waals surface area contributed by atoms with E-state index in [1.807, 2.05) is 29.9 Å². The van der Waals surface area contributed by atoms with Gasteiger partial charge in [-0.25, -0.2) is 4.98 Å². The highest BCUT2D eigenvalue weighted by Crippen LogP contribution is 2.14. The Bertz CT molecular complexity index is 902. The standard InChI is InChI=1S/C14H15ClN6OS/c1-9-6-12(19-22-2)21-14(17-13(18-21)23-3)20(9)8-10-4-5-11(15)16-7-10/h4-7H,8H2,1-3H3. The summed E-state index contributed by atoms with van der Waals surface area (Å²) in [6.45, 7) is 2.60. The third-order valence-electron chi connectivity index (χ3n) is 3.29. The molecule has 0 aromatic carbocycles. The molecule has 0 fully saturated rings. The molecule has 0 atom stereocenters.